The van der Waals surface area contributed by atoms with Gasteiger partial charge in [0.25, 0.3) is 11.8 Å². The number of carbonyl (C=O) groups is 2. The number of ether oxygens (including phenoxy) is 1. The van der Waals surface area contributed by atoms with E-state index in [9.17, 15) is 9.59 Å². The minimum atomic E-state index is -0.746. The molecule has 2 aromatic rings. The van der Waals surface area contributed by atoms with Crippen LogP contribution in [0.3, 0.4) is 0 Å². The maximum Gasteiger partial charge on any atom is 0.266 e. The molecular formula is C18H16ClN3O3. The highest BCUT2D eigenvalue weighted by Gasteiger charge is 2.27. The first kappa shape index (κ1) is 17.0. The largest absolute Gasteiger partial charge is 0.481 e. The summed E-state index contributed by atoms with van der Waals surface area (Å²) in [5.74, 6) is 0.247. The molecule has 1 unspecified atom stereocenters. The summed E-state index contributed by atoms with van der Waals surface area (Å²) < 4.78 is 5.56. The number of amidine groups is 1. The number of para-hydroxylation sites is 1. The summed E-state index contributed by atoms with van der Waals surface area (Å²) in [7, 11) is 0. The molecule has 2 aromatic carbocycles. The fourth-order valence-electron chi connectivity index (χ4n) is 2.28. The molecule has 0 aliphatic carbocycles. The summed E-state index contributed by atoms with van der Waals surface area (Å²) in [6.07, 6.45) is -0.710. The third-order valence-corrected chi connectivity index (χ3v) is 3.79. The van der Waals surface area contributed by atoms with Crippen LogP contribution in [-0.2, 0) is 9.59 Å². The van der Waals surface area contributed by atoms with Gasteiger partial charge in [-0.25, -0.2) is 0 Å². The summed E-state index contributed by atoms with van der Waals surface area (Å²) in [5, 5.41) is 8.68. The number of carbonyl (C=O) groups excluding carboxylic acids is 2. The second-order valence-corrected chi connectivity index (χ2v) is 5.90. The van der Waals surface area contributed by atoms with Crippen LogP contribution in [0.4, 0.5) is 5.69 Å². The zero-order chi connectivity index (χ0) is 17.8. The lowest BCUT2D eigenvalue weighted by Crippen LogP contribution is -2.39. The number of anilines is 1. The van der Waals surface area contributed by atoms with Gasteiger partial charge < -0.3 is 10.1 Å². The molecular weight excluding hydrogens is 342 g/mol. The Morgan fingerprint density at radius 1 is 1.20 bits per heavy atom. The van der Waals surface area contributed by atoms with E-state index in [4.69, 9.17) is 16.3 Å². The Bertz CT molecular complexity index is 806. The fourth-order valence-corrected chi connectivity index (χ4v) is 2.41. The van der Waals surface area contributed by atoms with Crippen molar-refractivity contribution in [3.05, 3.63) is 59.6 Å². The van der Waals surface area contributed by atoms with Crippen LogP contribution in [0.25, 0.3) is 0 Å². The molecule has 0 saturated heterocycles. The lowest BCUT2D eigenvalue weighted by Gasteiger charge is -2.14. The van der Waals surface area contributed by atoms with Crippen molar-refractivity contribution < 1.29 is 14.3 Å². The van der Waals surface area contributed by atoms with Crippen molar-refractivity contribution >= 4 is 34.9 Å². The molecule has 3 rings (SSSR count). The Labute approximate surface area is 150 Å². The van der Waals surface area contributed by atoms with E-state index >= 15 is 0 Å². The summed E-state index contributed by atoms with van der Waals surface area (Å²) >= 11 is 5.81. The molecule has 1 N–H and O–H groups in total. The summed E-state index contributed by atoms with van der Waals surface area (Å²) in [6, 6.07) is 15.8. The number of nitrogens with one attached hydrogen (secondary N) is 1. The highest BCUT2D eigenvalue weighted by Crippen LogP contribution is 2.20. The second kappa shape index (κ2) is 7.36. The van der Waals surface area contributed by atoms with Crippen LogP contribution in [-0.4, -0.2) is 23.8 Å². The van der Waals surface area contributed by atoms with Gasteiger partial charge in [-0.15, -0.1) is 0 Å². The van der Waals surface area contributed by atoms with Crippen molar-refractivity contribution in [1.29, 1.82) is 0 Å². The van der Waals surface area contributed by atoms with Crippen LogP contribution in [0.15, 0.2) is 59.7 Å². The molecule has 0 aromatic heterocycles. The van der Waals surface area contributed by atoms with Crippen LogP contribution in [0, 0.1) is 0 Å². The lowest BCUT2D eigenvalue weighted by molar-refractivity contribution is -0.125. The van der Waals surface area contributed by atoms with Crippen LogP contribution >= 0.6 is 11.6 Å². The van der Waals surface area contributed by atoms with E-state index in [1.165, 1.54) is 5.01 Å². The van der Waals surface area contributed by atoms with Crippen LogP contribution in [0.2, 0.25) is 5.02 Å². The number of hydrogen-bond acceptors (Lipinski definition) is 4. The number of rotatable bonds is 4. The van der Waals surface area contributed by atoms with Crippen molar-refractivity contribution in [2.24, 2.45) is 5.10 Å². The first-order chi connectivity index (χ1) is 12.0. The molecule has 25 heavy (non-hydrogen) atoms. The molecule has 0 bridgehead atoms. The van der Waals surface area contributed by atoms with E-state index in [0.29, 0.717) is 22.3 Å². The van der Waals surface area contributed by atoms with Gasteiger partial charge in [-0.2, -0.15) is 10.1 Å². The minimum absolute atomic E-state index is 0.0360. The predicted molar refractivity (Wildman–Crippen MR) is 95.7 cm³/mol. The summed E-state index contributed by atoms with van der Waals surface area (Å²) in [5.41, 5.74) is 0.655. The maximum atomic E-state index is 12.2. The summed E-state index contributed by atoms with van der Waals surface area (Å²) in [6.45, 7) is 1.62. The zero-order valence-electron chi connectivity index (χ0n) is 13.5. The molecule has 1 heterocycles. The minimum Gasteiger partial charge on any atom is -0.481 e. The molecule has 2 amide bonds. The third kappa shape index (κ3) is 4.16. The first-order valence-corrected chi connectivity index (χ1v) is 8.09. The number of hydrogen-bond donors (Lipinski definition) is 1. The Balaban J connectivity index is 1.62. The lowest BCUT2D eigenvalue weighted by atomic mass is 10.3. The van der Waals surface area contributed by atoms with Gasteiger partial charge in [-0.05, 0) is 43.3 Å². The summed E-state index contributed by atoms with van der Waals surface area (Å²) in [4.78, 5) is 24.3. The van der Waals surface area contributed by atoms with Crippen molar-refractivity contribution in [2.75, 3.05) is 5.01 Å². The fraction of sp³-hybridized carbons (Fsp3) is 0.167. The zero-order valence-corrected chi connectivity index (χ0v) is 14.2. The monoisotopic (exact) mass is 357 g/mol. The smallest absolute Gasteiger partial charge is 0.266 e. The van der Waals surface area contributed by atoms with Gasteiger partial charge in [-0.1, -0.05) is 29.8 Å². The topological polar surface area (TPSA) is 71.0 Å². The van der Waals surface area contributed by atoms with Crippen molar-refractivity contribution in [2.45, 2.75) is 19.4 Å². The van der Waals surface area contributed by atoms with Crippen molar-refractivity contribution in [3.63, 3.8) is 0 Å². The number of benzene rings is 2. The van der Waals surface area contributed by atoms with Crippen molar-refractivity contribution in [3.8, 4) is 5.75 Å². The van der Waals surface area contributed by atoms with Gasteiger partial charge >= 0.3 is 0 Å². The molecule has 7 heteroatoms. The van der Waals surface area contributed by atoms with Gasteiger partial charge in [-0.3, -0.25) is 9.59 Å². The van der Waals surface area contributed by atoms with Gasteiger partial charge in [0.15, 0.2) is 6.10 Å². The molecule has 0 saturated carbocycles. The Morgan fingerprint density at radius 2 is 1.88 bits per heavy atom. The quantitative estimate of drug-likeness (QED) is 0.914. The molecule has 128 valence electrons. The van der Waals surface area contributed by atoms with Crippen molar-refractivity contribution in [1.82, 2.24) is 5.32 Å². The second-order valence-electron chi connectivity index (χ2n) is 5.47. The van der Waals surface area contributed by atoms with Crippen LogP contribution in [0.1, 0.15) is 13.3 Å². The SMILES string of the molecule is CC(Oc1ccc(Cl)cc1)C(=O)NC1=NN(c2ccccc2)C(=O)C1. The average Bonchev–Trinajstić information content (AvgIpc) is 2.98. The van der Waals surface area contributed by atoms with Gasteiger partial charge in [0.2, 0.25) is 0 Å². The first-order valence-electron chi connectivity index (χ1n) is 7.71. The van der Waals surface area contributed by atoms with Crippen LogP contribution in [0.5, 0.6) is 5.75 Å². The van der Waals surface area contributed by atoms with E-state index < -0.39 is 6.10 Å². The number of hydrazone groups is 1. The Hall–Kier alpha value is -2.86. The van der Waals surface area contributed by atoms with Gasteiger partial charge in [0.05, 0.1) is 12.1 Å². The average molecular weight is 358 g/mol. The highest BCUT2D eigenvalue weighted by molar-refractivity contribution is 6.30. The van der Waals surface area contributed by atoms with E-state index in [-0.39, 0.29) is 18.2 Å². The maximum absolute atomic E-state index is 12.2. The van der Waals surface area contributed by atoms with E-state index in [2.05, 4.69) is 10.4 Å². The molecule has 1 aliphatic rings. The number of amides is 2. The number of halogens is 1. The predicted octanol–water partition coefficient (Wildman–Crippen LogP) is 2.97. The van der Waals surface area contributed by atoms with Crippen LogP contribution < -0.4 is 15.1 Å². The molecule has 0 spiro atoms. The molecule has 1 atom stereocenters. The molecule has 0 radical (unpaired) electrons. The molecule has 6 nitrogen and oxygen atoms in total. The normalized spacial score (nSPS) is 14.9. The van der Waals surface area contributed by atoms with Gasteiger partial charge in [0.1, 0.15) is 11.6 Å². The Morgan fingerprint density at radius 3 is 2.56 bits per heavy atom. The third-order valence-electron chi connectivity index (χ3n) is 3.54. The van der Waals surface area contributed by atoms with Gasteiger partial charge in [0, 0.05) is 5.02 Å². The molecule has 1 aliphatic heterocycles. The van der Waals surface area contributed by atoms with E-state index in [1.54, 1.807) is 43.3 Å². The standard InChI is InChI=1S/C18H16ClN3O3/c1-12(25-15-9-7-13(19)8-10-15)18(24)20-16-11-17(23)22(21-16)14-5-3-2-4-6-14/h2-10,12H,11H2,1H3,(H,20,21,24). The molecule has 0 fully saturated rings. The Kier molecular flexibility index (Phi) is 5.00. The van der Waals surface area contributed by atoms with E-state index in [0.717, 1.165) is 0 Å². The highest BCUT2D eigenvalue weighted by atomic mass is 35.5. The number of nitrogens with zero attached hydrogens (tertiary/aromatic N) is 2. The van der Waals surface area contributed by atoms with E-state index in [1.807, 2.05) is 18.2 Å².